The number of carboxylic acids is 1. The van der Waals surface area contributed by atoms with E-state index >= 15 is 0 Å². The predicted molar refractivity (Wildman–Crippen MR) is 89.6 cm³/mol. The molecule has 1 aromatic rings. The van der Waals surface area contributed by atoms with E-state index in [0.717, 1.165) is 12.8 Å². The molecule has 1 saturated carbocycles. The number of sulfonamides is 1. The first-order valence-electron chi connectivity index (χ1n) is 8.19. The Balaban J connectivity index is 1.67. The highest BCUT2D eigenvalue weighted by Gasteiger charge is 2.56. The van der Waals surface area contributed by atoms with Crippen LogP contribution in [0.1, 0.15) is 24.8 Å². The van der Waals surface area contributed by atoms with Gasteiger partial charge in [-0.15, -0.1) is 0 Å². The van der Waals surface area contributed by atoms with Crippen molar-refractivity contribution in [3.05, 3.63) is 39.9 Å². The van der Waals surface area contributed by atoms with Gasteiger partial charge in [0.15, 0.2) is 0 Å². The van der Waals surface area contributed by atoms with Crippen LogP contribution in [0.5, 0.6) is 0 Å². The number of nitrogens with zero attached hydrogens (tertiary/aromatic N) is 2. The van der Waals surface area contributed by atoms with E-state index < -0.39 is 26.3 Å². The van der Waals surface area contributed by atoms with Crippen molar-refractivity contribution >= 4 is 21.7 Å². The first-order valence-corrected chi connectivity index (χ1v) is 9.80. The fraction of sp³-hybridized carbons (Fsp3) is 0.562. The van der Waals surface area contributed by atoms with E-state index in [1.165, 1.54) is 16.4 Å². The number of nitro groups is 1. The summed E-state index contributed by atoms with van der Waals surface area (Å²) in [4.78, 5) is 21.8. The number of carboxylic acid groups (broad SMARTS) is 1. The molecule has 0 aromatic heterocycles. The molecule has 0 unspecified atom stereocenters. The van der Waals surface area contributed by atoms with E-state index in [2.05, 4.69) is 0 Å². The monoisotopic (exact) mass is 368 g/mol. The van der Waals surface area contributed by atoms with Crippen molar-refractivity contribution in [2.24, 2.45) is 11.3 Å². The maximum Gasteiger partial charge on any atom is 0.311 e. The van der Waals surface area contributed by atoms with Gasteiger partial charge in [-0.05, 0) is 30.7 Å². The van der Waals surface area contributed by atoms with Gasteiger partial charge < -0.3 is 5.11 Å². The van der Waals surface area contributed by atoms with Gasteiger partial charge in [0, 0.05) is 25.2 Å². The van der Waals surface area contributed by atoms with Gasteiger partial charge in [-0.3, -0.25) is 14.9 Å². The Bertz CT molecular complexity index is 791. The second kappa shape index (κ2) is 6.38. The second-order valence-corrected chi connectivity index (χ2v) is 8.92. The molecule has 1 saturated heterocycles. The largest absolute Gasteiger partial charge is 0.481 e. The number of nitro benzene ring substituents is 1. The Kier molecular flexibility index (Phi) is 4.54. The molecule has 0 bridgehead atoms. The fourth-order valence-corrected chi connectivity index (χ4v) is 5.55. The van der Waals surface area contributed by atoms with Crippen LogP contribution < -0.4 is 0 Å². The van der Waals surface area contributed by atoms with Crippen LogP contribution in [0.15, 0.2) is 24.3 Å². The molecule has 2 aliphatic rings. The first-order chi connectivity index (χ1) is 11.7. The number of non-ortho nitro benzene ring substituents is 1. The highest BCUT2D eigenvalue weighted by Crippen LogP contribution is 2.49. The number of hydrogen-bond acceptors (Lipinski definition) is 5. The molecule has 0 spiro atoms. The highest BCUT2D eigenvalue weighted by molar-refractivity contribution is 7.89. The average Bonchev–Trinajstić information content (AvgIpc) is 3.12. The number of fused-ring (bicyclic) bond motifs is 1. The van der Waals surface area contributed by atoms with Crippen molar-refractivity contribution in [2.75, 3.05) is 18.8 Å². The summed E-state index contributed by atoms with van der Waals surface area (Å²) in [7, 11) is -3.56. The van der Waals surface area contributed by atoms with Crippen LogP contribution >= 0.6 is 0 Å². The quantitative estimate of drug-likeness (QED) is 0.602. The van der Waals surface area contributed by atoms with Crippen molar-refractivity contribution in [1.82, 2.24) is 4.31 Å². The van der Waals surface area contributed by atoms with Crippen LogP contribution in [0.25, 0.3) is 0 Å². The zero-order valence-corrected chi connectivity index (χ0v) is 14.4. The molecule has 3 rings (SSSR count). The van der Waals surface area contributed by atoms with Gasteiger partial charge in [0.2, 0.25) is 10.0 Å². The van der Waals surface area contributed by atoms with Crippen molar-refractivity contribution in [3.63, 3.8) is 0 Å². The lowest BCUT2D eigenvalue weighted by molar-refractivity contribution is -0.384. The summed E-state index contributed by atoms with van der Waals surface area (Å²) < 4.78 is 26.5. The third-order valence-corrected chi connectivity index (χ3v) is 7.24. The van der Waals surface area contributed by atoms with Gasteiger partial charge in [-0.1, -0.05) is 18.6 Å². The minimum Gasteiger partial charge on any atom is -0.481 e. The molecule has 9 heteroatoms. The molecule has 1 N–H and O–H groups in total. The highest BCUT2D eigenvalue weighted by atomic mass is 32.2. The third kappa shape index (κ3) is 3.25. The molecule has 2 atom stereocenters. The predicted octanol–water partition coefficient (Wildman–Crippen LogP) is 1.65. The molecular formula is C16H20N2O6S. The zero-order chi connectivity index (χ0) is 18.2. The van der Waals surface area contributed by atoms with Crippen molar-refractivity contribution < 1.29 is 23.2 Å². The Labute approximate surface area is 145 Å². The average molecular weight is 368 g/mol. The Morgan fingerprint density at radius 2 is 2.04 bits per heavy atom. The standard InChI is InChI=1S/C16H20N2O6S/c19-15(20)16-8-1-2-13(16)10-17(11-16)25(23,24)9-7-12-3-5-14(6-4-12)18(21)22/h3-6,13H,1-2,7-11H2,(H,19,20)/t13-,16+/m0/s1. The van der Waals surface area contributed by atoms with Crippen LogP contribution in [0.3, 0.4) is 0 Å². The maximum atomic E-state index is 12.6. The van der Waals surface area contributed by atoms with E-state index in [9.17, 15) is 28.4 Å². The summed E-state index contributed by atoms with van der Waals surface area (Å²) in [5.74, 6) is -1.14. The zero-order valence-electron chi connectivity index (χ0n) is 13.6. The summed E-state index contributed by atoms with van der Waals surface area (Å²) in [5.41, 5.74) is -0.274. The molecule has 1 heterocycles. The number of aryl methyl sites for hydroxylation is 1. The Morgan fingerprint density at radius 3 is 2.60 bits per heavy atom. The second-order valence-electron chi connectivity index (χ2n) is 6.83. The van der Waals surface area contributed by atoms with Crippen LogP contribution in [-0.2, 0) is 21.2 Å². The smallest absolute Gasteiger partial charge is 0.311 e. The molecule has 0 radical (unpaired) electrons. The van der Waals surface area contributed by atoms with Gasteiger partial charge in [0.05, 0.1) is 16.1 Å². The molecule has 2 fully saturated rings. The summed E-state index contributed by atoms with van der Waals surface area (Å²) in [6.07, 6.45) is 2.34. The van der Waals surface area contributed by atoms with Crippen LogP contribution in [-0.4, -0.2) is 47.6 Å². The molecule has 0 amide bonds. The van der Waals surface area contributed by atoms with E-state index in [-0.39, 0.29) is 36.9 Å². The lowest BCUT2D eigenvalue weighted by atomic mass is 9.81. The van der Waals surface area contributed by atoms with Crippen LogP contribution in [0.2, 0.25) is 0 Å². The lowest BCUT2D eigenvalue weighted by Gasteiger charge is -2.23. The van der Waals surface area contributed by atoms with E-state index in [1.54, 1.807) is 12.1 Å². The molecule has 25 heavy (non-hydrogen) atoms. The minimum atomic E-state index is -3.56. The third-order valence-electron chi connectivity index (χ3n) is 5.45. The van der Waals surface area contributed by atoms with E-state index in [0.29, 0.717) is 12.0 Å². The van der Waals surface area contributed by atoms with Crippen molar-refractivity contribution in [1.29, 1.82) is 0 Å². The van der Waals surface area contributed by atoms with Gasteiger partial charge in [-0.2, -0.15) is 0 Å². The Morgan fingerprint density at radius 1 is 1.36 bits per heavy atom. The summed E-state index contributed by atoms with van der Waals surface area (Å²) in [6, 6.07) is 5.79. The number of rotatable bonds is 6. The van der Waals surface area contributed by atoms with Crippen molar-refractivity contribution in [3.8, 4) is 0 Å². The van der Waals surface area contributed by atoms with Gasteiger partial charge >= 0.3 is 5.97 Å². The summed E-state index contributed by atoms with van der Waals surface area (Å²) in [6.45, 7) is 0.324. The van der Waals surface area contributed by atoms with Gasteiger partial charge in [0.1, 0.15) is 0 Å². The van der Waals surface area contributed by atoms with Crippen LogP contribution in [0, 0.1) is 21.4 Å². The molecule has 1 aromatic carbocycles. The Hall–Kier alpha value is -2.00. The summed E-state index contributed by atoms with van der Waals surface area (Å²) >= 11 is 0. The first kappa shape index (κ1) is 17.8. The SMILES string of the molecule is O=C(O)[C@@]12CCC[C@H]1CN(S(=O)(=O)CCc1ccc([N+](=O)[O-])cc1)C2. The maximum absolute atomic E-state index is 12.6. The molecule has 136 valence electrons. The minimum absolute atomic E-state index is 0.0395. The van der Waals surface area contributed by atoms with E-state index in [4.69, 9.17) is 0 Å². The molecule has 1 aliphatic heterocycles. The molecule has 8 nitrogen and oxygen atoms in total. The number of aliphatic carboxylic acids is 1. The normalized spacial score (nSPS) is 26.5. The van der Waals surface area contributed by atoms with E-state index in [1.807, 2.05) is 0 Å². The number of benzene rings is 1. The number of hydrogen-bond donors (Lipinski definition) is 1. The number of carbonyl (C=O) groups is 1. The van der Waals surface area contributed by atoms with Crippen LogP contribution in [0.4, 0.5) is 5.69 Å². The molecule has 1 aliphatic carbocycles. The fourth-order valence-electron chi connectivity index (χ4n) is 3.96. The van der Waals surface area contributed by atoms with Gasteiger partial charge in [-0.25, -0.2) is 12.7 Å². The lowest BCUT2D eigenvalue weighted by Crippen LogP contribution is -2.38. The van der Waals surface area contributed by atoms with Gasteiger partial charge in [0.25, 0.3) is 5.69 Å². The van der Waals surface area contributed by atoms with Crippen molar-refractivity contribution in [2.45, 2.75) is 25.7 Å². The summed E-state index contributed by atoms with van der Waals surface area (Å²) in [5, 5.41) is 20.2. The topological polar surface area (TPSA) is 118 Å². The molecular weight excluding hydrogens is 348 g/mol.